The van der Waals surface area contributed by atoms with Crippen LogP contribution in [0.5, 0.6) is 5.75 Å². The van der Waals surface area contributed by atoms with Crippen LogP contribution in [0.2, 0.25) is 0 Å². The average Bonchev–Trinajstić information content (AvgIpc) is 2.40. The molecule has 0 atom stereocenters. The lowest BCUT2D eigenvalue weighted by molar-refractivity contribution is 0.474. The zero-order valence-electron chi connectivity index (χ0n) is 9.80. The van der Waals surface area contributed by atoms with Gasteiger partial charge >= 0.3 is 0 Å². The fourth-order valence-electron chi connectivity index (χ4n) is 1.44. The molecule has 0 spiro atoms. The van der Waals surface area contributed by atoms with Crippen LogP contribution < -0.4 is 0 Å². The molecular weight excluding hydrogens is 310 g/mol. The van der Waals surface area contributed by atoms with E-state index in [0.29, 0.717) is 5.56 Å². The molecule has 92 valence electrons. The van der Waals surface area contributed by atoms with Crippen molar-refractivity contribution in [1.82, 2.24) is 0 Å². The van der Waals surface area contributed by atoms with Gasteiger partial charge in [0.05, 0.1) is 5.69 Å². The Hall–Kier alpha value is -1.26. The van der Waals surface area contributed by atoms with Crippen molar-refractivity contribution >= 4 is 39.6 Å². The molecule has 2 aromatic rings. The summed E-state index contributed by atoms with van der Waals surface area (Å²) in [5, 5.41) is 9.68. The molecule has 2 aromatic carbocycles. The fourth-order valence-corrected chi connectivity index (χ4v) is 2.23. The topological polar surface area (TPSA) is 32.6 Å². The van der Waals surface area contributed by atoms with E-state index < -0.39 is 0 Å². The standard InChI is InChI=1S/C14H12BrNOS/c1-18-13-5-3-12(4-6-13)16-9-10-8-11(15)2-7-14(10)17/h2-9,17H,1H3. The minimum Gasteiger partial charge on any atom is -0.507 e. The van der Waals surface area contributed by atoms with E-state index in [1.54, 1.807) is 30.1 Å². The first-order chi connectivity index (χ1) is 8.69. The normalized spacial score (nSPS) is 11.0. The molecule has 1 N–H and O–H groups in total. The number of hydrogen-bond donors (Lipinski definition) is 1. The van der Waals surface area contributed by atoms with Crippen LogP contribution in [0.1, 0.15) is 5.56 Å². The van der Waals surface area contributed by atoms with Crippen molar-refractivity contribution in [2.45, 2.75) is 4.90 Å². The minimum atomic E-state index is 0.225. The molecule has 2 rings (SSSR count). The molecule has 0 saturated heterocycles. The molecule has 4 heteroatoms. The lowest BCUT2D eigenvalue weighted by Crippen LogP contribution is -1.82. The second-order valence-corrected chi connectivity index (χ2v) is 5.45. The van der Waals surface area contributed by atoms with Crippen LogP contribution in [0, 0.1) is 0 Å². The van der Waals surface area contributed by atoms with Crippen molar-refractivity contribution in [3.8, 4) is 5.75 Å². The number of phenols is 1. The Morgan fingerprint density at radius 2 is 1.89 bits per heavy atom. The maximum Gasteiger partial charge on any atom is 0.124 e. The maximum absolute atomic E-state index is 9.68. The van der Waals surface area contributed by atoms with Gasteiger partial charge in [-0.3, -0.25) is 4.99 Å². The van der Waals surface area contributed by atoms with Crippen molar-refractivity contribution in [2.24, 2.45) is 4.99 Å². The molecule has 2 nitrogen and oxygen atoms in total. The van der Waals surface area contributed by atoms with Crippen LogP contribution in [0.15, 0.2) is 56.8 Å². The molecule has 0 aliphatic carbocycles. The van der Waals surface area contributed by atoms with E-state index in [-0.39, 0.29) is 5.75 Å². The van der Waals surface area contributed by atoms with E-state index in [1.165, 1.54) is 4.90 Å². The summed E-state index contributed by atoms with van der Waals surface area (Å²) in [6.07, 6.45) is 3.70. The van der Waals surface area contributed by atoms with Crippen molar-refractivity contribution in [3.63, 3.8) is 0 Å². The van der Waals surface area contributed by atoms with Gasteiger partial charge in [-0.25, -0.2) is 0 Å². The third-order valence-corrected chi connectivity index (χ3v) is 3.65. The lowest BCUT2D eigenvalue weighted by Gasteiger charge is -2.00. The highest BCUT2D eigenvalue weighted by molar-refractivity contribution is 9.10. The van der Waals surface area contributed by atoms with Crippen molar-refractivity contribution < 1.29 is 5.11 Å². The van der Waals surface area contributed by atoms with E-state index in [1.807, 2.05) is 36.6 Å². The van der Waals surface area contributed by atoms with Gasteiger partial charge in [0.1, 0.15) is 5.75 Å². The number of thioether (sulfide) groups is 1. The third-order valence-electron chi connectivity index (χ3n) is 2.41. The van der Waals surface area contributed by atoms with Crippen LogP contribution in [0.3, 0.4) is 0 Å². The van der Waals surface area contributed by atoms with Gasteiger partial charge in [-0.05, 0) is 48.7 Å². The smallest absolute Gasteiger partial charge is 0.124 e. The maximum atomic E-state index is 9.68. The Labute approximate surface area is 119 Å². The van der Waals surface area contributed by atoms with Gasteiger partial charge in [0.2, 0.25) is 0 Å². The number of nitrogens with zero attached hydrogens (tertiary/aromatic N) is 1. The monoisotopic (exact) mass is 321 g/mol. The summed E-state index contributed by atoms with van der Waals surface area (Å²) < 4.78 is 0.916. The Balaban J connectivity index is 2.21. The van der Waals surface area contributed by atoms with Gasteiger partial charge < -0.3 is 5.11 Å². The van der Waals surface area contributed by atoms with Crippen molar-refractivity contribution in [1.29, 1.82) is 0 Å². The number of aliphatic imine (C=N–C) groups is 1. The van der Waals surface area contributed by atoms with E-state index in [4.69, 9.17) is 0 Å². The first-order valence-electron chi connectivity index (χ1n) is 5.35. The van der Waals surface area contributed by atoms with Gasteiger partial charge in [-0.1, -0.05) is 15.9 Å². The van der Waals surface area contributed by atoms with E-state index >= 15 is 0 Å². The Morgan fingerprint density at radius 1 is 1.17 bits per heavy atom. The van der Waals surface area contributed by atoms with Gasteiger partial charge in [-0.2, -0.15) is 0 Å². The molecule has 0 aliphatic heterocycles. The summed E-state index contributed by atoms with van der Waals surface area (Å²) in [5.41, 5.74) is 1.56. The van der Waals surface area contributed by atoms with Crippen LogP contribution in [-0.4, -0.2) is 17.6 Å². The molecular formula is C14H12BrNOS. The van der Waals surface area contributed by atoms with E-state index in [2.05, 4.69) is 20.9 Å². The molecule has 0 heterocycles. The first kappa shape index (κ1) is 13.2. The van der Waals surface area contributed by atoms with Gasteiger partial charge in [0.15, 0.2) is 0 Å². The molecule has 0 saturated carbocycles. The van der Waals surface area contributed by atoms with Crippen molar-refractivity contribution in [3.05, 3.63) is 52.5 Å². The molecule has 0 fully saturated rings. The fraction of sp³-hybridized carbons (Fsp3) is 0.0714. The summed E-state index contributed by atoms with van der Waals surface area (Å²) >= 11 is 5.06. The number of hydrogen-bond acceptors (Lipinski definition) is 3. The molecule has 0 bridgehead atoms. The largest absolute Gasteiger partial charge is 0.507 e. The van der Waals surface area contributed by atoms with E-state index in [0.717, 1.165) is 10.2 Å². The summed E-state index contributed by atoms with van der Waals surface area (Å²) in [4.78, 5) is 5.55. The molecule has 18 heavy (non-hydrogen) atoms. The van der Waals surface area contributed by atoms with E-state index in [9.17, 15) is 5.11 Å². The summed E-state index contributed by atoms with van der Waals surface area (Å²) in [5.74, 6) is 0.225. The zero-order valence-corrected chi connectivity index (χ0v) is 12.2. The van der Waals surface area contributed by atoms with Gasteiger partial charge in [0.25, 0.3) is 0 Å². The average molecular weight is 322 g/mol. The van der Waals surface area contributed by atoms with Crippen LogP contribution in [0.4, 0.5) is 5.69 Å². The quantitative estimate of drug-likeness (QED) is 0.660. The number of rotatable bonds is 3. The highest BCUT2D eigenvalue weighted by Gasteiger charge is 1.98. The molecule has 0 aromatic heterocycles. The first-order valence-corrected chi connectivity index (χ1v) is 7.37. The predicted octanol–water partition coefficient (Wildman–Crippen LogP) is 4.63. The third kappa shape index (κ3) is 3.37. The zero-order chi connectivity index (χ0) is 13.0. The number of halogens is 1. The molecule has 0 amide bonds. The summed E-state index contributed by atoms with van der Waals surface area (Å²) in [6, 6.07) is 13.2. The van der Waals surface area contributed by atoms with Crippen molar-refractivity contribution in [2.75, 3.05) is 6.26 Å². The lowest BCUT2D eigenvalue weighted by atomic mass is 10.2. The summed E-state index contributed by atoms with van der Waals surface area (Å²) in [7, 11) is 0. The predicted molar refractivity (Wildman–Crippen MR) is 81.3 cm³/mol. The van der Waals surface area contributed by atoms with Crippen LogP contribution in [-0.2, 0) is 0 Å². The molecule has 0 aliphatic rings. The number of aromatic hydroxyl groups is 1. The highest BCUT2D eigenvalue weighted by Crippen LogP contribution is 2.22. The minimum absolute atomic E-state index is 0.225. The molecule has 0 radical (unpaired) electrons. The van der Waals surface area contributed by atoms with Gasteiger partial charge in [0, 0.05) is 21.1 Å². The molecule has 0 unspecified atom stereocenters. The highest BCUT2D eigenvalue weighted by atomic mass is 79.9. The summed E-state index contributed by atoms with van der Waals surface area (Å²) in [6.45, 7) is 0. The second kappa shape index (κ2) is 6.07. The number of phenolic OH excluding ortho intramolecular Hbond substituents is 1. The Kier molecular flexibility index (Phi) is 4.44. The Morgan fingerprint density at radius 3 is 2.56 bits per heavy atom. The SMILES string of the molecule is CSc1ccc(N=Cc2cc(Br)ccc2O)cc1. The Bertz CT molecular complexity index is 567. The second-order valence-electron chi connectivity index (χ2n) is 3.66. The number of benzene rings is 2. The van der Waals surface area contributed by atoms with Crippen LogP contribution in [0.25, 0.3) is 0 Å². The van der Waals surface area contributed by atoms with Crippen LogP contribution >= 0.6 is 27.7 Å². The van der Waals surface area contributed by atoms with Gasteiger partial charge in [-0.15, -0.1) is 11.8 Å².